The first-order valence-corrected chi connectivity index (χ1v) is 9.81. The number of nitrogens with zero attached hydrogens (tertiary/aromatic N) is 4. The standard InChI is InChI=1S/C17H17N5O2S2/c1-12(23)18-13-4-2-5-14(10-13)22-20-17(19-21-22)26-11-15(24)7-8-16-6-3-9-25-16/h2-6,9-10H,7-8,11H2,1H3,(H,18,23). The molecule has 3 aromatic rings. The van der Waals surface area contributed by atoms with Gasteiger partial charge in [-0.3, -0.25) is 9.59 Å². The summed E-state index contributed by atoms with van der Waals surface area (Å²) in [5.41, 5.74) is 1.34. The minimum absolute atomic E-state index is 0.147. The monoisotopic (exact) mass is 387 g/mol. The Hall–Kier alpha value is -2.52. The fourth-order valence-corrected chi connectivity index (χ4v) is 3.59. The van der Waals surface area contributed by atoms with Crippen molar-refractivity contribution in [2.45, 2.75) is 24.9 Å². The Morgan fingerprint density at radius 2 is 2.15 bits per heavy atom. The number of aryl methyl sites for hydroxylation is 1. The van der Waals surface area contributed by atoms with Gasteiger partial charge in [0.15, 0.2) is 0 Å². The van der Waals surface area contributed by atoms with Crippen molar-refractivity contribution in [3.63, 3.8) is 0 Å². The number of carbonyl (C=O) groups is 2. The quantitative estimate of drug-likeness (QED) is 0.598. The lowest BCUT2D eigenvalue weighted by Gasteiger charge is -2.03. The van der Waals surface area contributed by atoms with Gasteiger partial charge in [-0.15, -0.1) is 26.3 Å². The Kier molecular flexibility index (Phi) is 6.13. The lowest BCUT2D eigenvalue weighted by Crippen LogP contribution is -2.07. The van der Waals surface area contributed by atoms with E-state index in [-0.39, 0.29) is 11.7 Å². The first-order valence-electron chi connectivity index (χ1n) is 7.95. The number of tetrazole rings is 1. The number of hydrogen-bond acceptors (Lipinski definition) is 7. The molecule has 0 aliphatic rings. The van der Waals surface area contributed by atoms with Crippen LogP contribution in [-0.4, -0.2) is 37.7 Å². The predicted molar refractivity (Wildman–Crippen MR) is 102 cm³/mol. The normalized spacial score (nSPS) is 10.7. The van der Waals surface area contributed by atoms with Crippen LogP contribution in [0.25, 0.3) is 5.69 Å². The highest BCUT2D eigenvalue weighted by Gasteiger charge is 2.10. The number of thioether (sulfide) groups is 1. The lowest BCUT2D eigenvalue weighted by atomic mass is 10.2. The molecular formula is C17H17N5O2S2. The van der Waals surface area contributed by atoms with Gasteiger partial charge in [-0.2, -0.15) is 0 Å². The fraction of sp³-hybridized carbons (Fsp3) is 0.235. The van der Waals surface area contributed by atoms with E-state index in [2.05, 4.69) is 20.7 Å². The molecule has 0 bridgehead atoms. The third-order valence-corrected chi connectivity index (χ3v) is 5.21. The van der Waals surface area contributed by atoms with Gasteiger partial charge in [0.05, 0.1) is 11.4 Å². The molecule has 1 N–H and O–H groups in total. The van der Waals surface area contributed by atoms with E-state index in [9.17, 15) is 9.59 Å². The number of aromatic nitrogens is 4. The van der Waals surface area contributed by atoms with E-state index in [4.69, 9.17) is 0 Å². The highest BCUT2D eigenvalue weighted by atomic mass is 32.2. The van der Waals surface area contributed by atoms with Gasteiger partial charge in [0.1, 0.15) is 5.78 Å². The van der Waals surface area contributed by atoms with Gasteiger partial charge in [-0.05, 0) is 41.3 Å². The number of Topliss-reactive ketones (excluding diaryl/α,β-unsaturated/α-hetero) is 1. The number of anilines is 1. The van der Waals surface area contributed by atoms with Crippen molar-refractivity contribution in [3.8, 4) is 5.69 Å². The third-order valence-electron chi connectivity index (χ3n) is 3.39. The Balaban J connectivity index is 1.54. The van der Waals surface area contributed by atoms with Crippen LogP contribution in [0.4, 0.5) is 5.69 Å². The molecule has 7 nitrogen and oxygen atoms in total. The maximum Gasteiger partial charge on any atom is 0.232 e. The second-order valence-electron chi connectivity index (χ2n) is 5.50. The number of nitrogens with one attached hydrogen (secondary N) is 1. The van der Waals surface area contributed by atoms with E-state index >= 15 is 0 Å². The zero-order chi connectivity index (χ0) is 18.4. The molecule has 0 aliphatic carbocycles. The van der Waals surface area contributed by atoms with E-state index in [0.717, 1.165) is 6.42 Å². The molecule has 0 unspecified atom stereocenters. The molecule has 0 saturated carbocycles. The Labute approximate surface area is 158 Å². The van der Waals surface area contributed by atoms with Crippen LogP contribution < -0.4 is 5.32 Å². The summed E-state index contributed by atoms with van der Waals surface area (Å²) in [5, 5.41) is 17.4. The third kappa shape index (κ3) is 5.24. The van der Waals surface area contributed by atoms with Gasteiger partial charge < -0.3 is 5.32 Å². The van der Waals surface area contributed by atoms with Crippen molar-refractivity contribution in [2.75, 3.05) is 11.1 Å². The molecule has 134 valence electrons. The fourth-order valence-electron chi connectivity index (χ4n) is 2.21. The maximum absolute atomic E-state index is 12.0. The molecule has 26 heavy (non-hydrogen) atoms. The summed E-state index contributed by atoms with van der Waals surface area (Å²) in [6.45, 7) is 1.45. The van der Waals surface area contributed by atoms with Crippen LogP contribution in [0.15, 0.2) is 46.9 Å². The van der Waals surface area contributed by atoms with Crippen molar-refractivity contribution in [3.05, 3.63) is 46.7 Å². The topological polar surface area (TPSA) is 89.8 Å². The Morgan fingerprint density at radius 1 is 1.27 bits per heavy atom. The second kappa shape index (κ2) is 8.72. The van der Waals surface area contributed by atoms with Crippen molar-refractivity contribution >= 4 is 40.5 Å². The zero-order valence-corrected chi connectivity index (χ0v) is 15.7. The summed E-state index contributed by atoms with van der Waals surface area (Å²) >= 11 is 2.94. The average molecular weight is 387 g/mol. The van der Waals surface area contributed by atoms with E-state index in [1.807, 2.05) is 23.6 Å². The van der Waals surface area contributed by atoms with E-state index in [1.54, 1.807) is 29.5 Å². The average Bonchev–Trinajstić information content (AvgIpc) is 3.29. The van der Waals surface area contributed by atoms with Gasteiger partial charge in [-0.1, -0.05) is 23.9 Å². The summed E-state index contributed by atoms with van der Waals surface area (Å²) in [6, 6.07) is 11.2. The molecule has 1 amide bonds. The first kappa shape index (κ1) is 18.3. The molecule has 0 atom stereocenters. The highest BCUT2D eigenvalue weighted by Crippen LogP contribution is 2.17. The molecule has 2 aromatic heterocycles. The summed E-state index contributed by atoms with van der Waals surface area (Å²) in [4.78, 5) is 25.7. The van der Waals surface area contributed by atoms with Crippen LogP contribution >= 0.6 is 23.1 Å². The van der Waals surface area contributed by atoms with Gasteiger partial charge in [-0.25, -0.2) is 0 Å². The molecule has 0 fully saturated rings. The summed E-state index contributed by atoms with van der Waals surface area (Å²) < 4.78 is 0. The smallest absolute Gasteiger partial charge is 0.232 e. The van der Waals surface area contributed by atoms with Crippen molar-refractivity contribution < 1.29 is 9.59 Å². The molecule has 1 aromatic carbocycles. The van der Waals surface area contributed by atoms with Crippen LogP contribution in [0.3, 0.4) is 0 Å². The molecule has 0 spiro atoms. The number of ketones is 1. The van der Waals surface area contributed by atoms with E-state index in [0.29, 0.717) is 28.7 Å². The maximum atomic E-state index is 12.0. The van der Waals surface area contributed by atoms with Gasteiger partial charge in [0, 0.05) is 23.9 Å². The molecule has 0 aliphatic heterocycles. The first-order chi connectivity index (χ1) is 12.6. The van der Waals surface area contributed by atoms with Crippen molar-refractivity contribution in [1.29, 1.82) is 0 Å². The van der Waals surface area contributed by atoms with Gasteiger partial charge in [0.2, 0.25) is 11.1 Å². The lowest BCUT2D eigenvalue weighted by molar-refractivity contribution is -0.116. The summed E-state index contributed by atoms with van der Waals surface area (Å²) in [6.07, 6.45) is 1.29. The SMILES string of the molecule is CC(=O)Nc1cccc(-n2nnc(SCC(=O)CCc3cccs3)n2)c1. The molecule has 2 heterocycles. The minimum Gasteiger partial charge on any atom is -0.326 e. The number of thiophene rings is 1. The highest BCUT2D eigenvalue weighted by molar-refractivity contribution is 7.99. The molecule has 0 saturated heterocycles. The minimum atomic E-state index is -0.147. The second-order valence-corrected chi connectivity index (χ2v) is 7.47. The molecular weight excluding hydrogens is 370 g/mol. The molecule has 9 heteroatoms. The Bertz CT molecular complexity index is 892. The summed E-state index contributed by atoms with van der Waals surface area (Å²) in [7, 11) is 0. The number of amides is 1. The molecule has 3 rings (SSSR count). The zero-order valence-electron chi connectivity index (χ0n) is 14.1. The van der Waals surface area contributed by atoms with Crippen LogP contribution in [0.2, 0.25) is 0 Å². The van der Waals surface area contributed by atoms with Crippen molar-refractivity contribution in [1.82, 2.24) is 20.2 Å². The van der Waals surface area contributed by atoms with Crippen LogP contribution in [0, 0.1) is 0 Å². The number of rotatable bonds is 8. The Morgan fingerprint density at radius 3 is 2.92 bits per heavy atom. The summed E-state index contributed by atoms with van der Waals surface area (Å²) in [5.74, 6) is 0.335. The molecule has 0 radical (unpaired) electrons. The van der Waals surface area contributed by atoms with Crippen LogP contribution in [0.1, 0.15) is 18.2 Å². The predicted octanol–water partition coefficient (Wildman–Crippen LogP) is 2.98. The van der Waals surface area contributed by atoms with Gasteiger partial charge in [0.25, 0.3) is 0 Å². The van der Waals surface area contributed by atoms with E-state index in [1.165, 1.54) is 28.4 Å². The van der Waals surface area contributed by atoms with E-state index < -0.39 is 0 Å². The number of hydrogen-bond donors (Lipinski definition) is 1. The van der Waals surface area contributed by atoms with Gasteiger partial charge >= 0.3 is 0 Å². The van der Waals surface area contributed by atoms with Crippen molar-refractivity contribution in [2.24, 2.45) is 0 Å². The van der Waals surface area contributed by atoms with Crippen LogP contribution in [0.5, 0.6) is 0 Å². The number of carbonyl (C=O) groups excluding carboxylic acids is 2. The van der Waals surface area contributed by atoms with Crippen LogP contribution in [-0.2, 0) is 16.0 Å². The largest absolute Gasteiger partial charge is 0.326 e. The number of benzene rings is 1.